The van der Waals surface area contributed by atoms with Gasteiger partial charge in [0.15, 0.2) is 5.82 Å². The van der Waals surface area contributed by atoms with Gasteiger partial charge >= 0.3 is 0 Å². The first kappa shape index (κ1) is 13.8. The Bertz CT molecular complexity index is 632. The summed E-state index contributed by atoms with van der Waals surface area (Å²) in [4.78, 5) is 10.8. The van der Waals surface area contributed by atoms with E-state index < -0.39 is 0 Å². The van der Waals surface area contributed by atoms with Crippen molar-refractivity contribution in [3.63, 3.8) is 0 Å². The summed E-state index contributed by atoms with van der Waals surface area (Å²) in [6.45, 7) is 3.63. The number of nitrogens with one attached hydrogen (secondary N) is 1. The van der Waals surface area contributed by atoms with E-state index in [9.17, 15) is 0 Å². The van der Waals surface area contributed by atoms with Crippen molar-refractivity contribution >= 4 is 11.8 Å². The molecule has 0 fully saturated rings. The van der Waals surface area contributed by atoms with Gasteiger partial charge in [-0.1, -0.05) is 0 Å². The summed E-state index contributed by atoms with van der Waals surface area (Å²) < 4.78 is 2.22. The van der Waals surface area contributed by atoms with Crippen molar-refractivity contribution in [3.05, 3.63) is 23.4 Å². The molecule has 1 aliphatic heterocycles. The van der Waals surface area contributed by atoms with E-state index in [-0.39, 0.29) is 0 Å². The number of fused-ring (bicyclic) bond motifs is 1. The van der Waals surface area contributed by atoms with E-state index in [1.54, 1.807) is 0 Å². The summed E-state index contributed by atoms with van der Waals surface area (Å²) in [6, 6.07) is 1.94. The van der Waals surface area contributed by atoms with Gasteiger partial charge in [0.2, 0.25) is 5.95 Å². The number of hydrogen-bond acceptors (Lipinski definition) is 6. The van der Waals surface area contributed by atoms with Crippen LogP contribution in [0, 0.1) is 6.92 Å². The van der Waals surface area contributed by atoms with E-state index in [4.69, 9.17) is 0 Å². The van der Waals surface area contributed by atoms with Gasteiger partial charge in [0.05, 0.1) is 6.54 Å². The molecule has 0 amide bonds. The molecule has 0 unspecified atom stereocenters. The van der Waals surface area contributed by atoms with Gasteiger partial charge in [-0.3, -0.25) is 0 Å². The Morgan fingerprint density at radius 1 is 1.24 bits per heavy atom. The minimum Gasteiger partial charge on any atom is -0.363 e. The average molecular weight is 287 g/mol. The normalized spacial score (nSPS) is 13.9. The Labute approximate surface area is 124 Å². The molecular weight excluding hydrogens is 266 g/mol. The highest BCUT2D eigenvalue weighted by Crippen LogP contribution is 2.16. The molecule has 0 atom stereocenters. The number of hydrogen-bond donors (Lipinski definition) is 1. The van der Waals surface area contributed by atoms with Crippen LogP contribution in [0.3, 0.4) is 0 Å². The van der Waals surface area contributed by atoms with Crippen LogP contribution in [0.5, 0.6) is 0 Å². The molecule has 0 saturated carbocycles. The molecule has 0 spiro atoms. The van der Waals surface area contributed by atoms with Crippen LogP contribution in [-0.4, -0.2) is 38.8 Å². The number of anilines is 2. The third kappa shape index (κ3) is 2.96. The third-order valence-electron chi connectivity index (χ3n) is 3.61. The first-order valence-corrected chi connectivity index (χ1v) is 7.31. The molecule has 7 nitrogen and oxygen atoms in total. The summed E-state index contributed by atoms with van der Waals surface area (Å²) in [7, 11) is 3.88. The Hall–Kier alpha value is -2.18. The molecule has 3 heterocycles. The standard InChI is InChI=1S/C14H21N7/c1-10-8-11(17-14(16-10)20(2)3)15-9-13-19-18-12-6-4-5-7-21(12)13/h8H,4-7,9H2,1-3H3,(H,15,16,17). The Morgan fingerprint density at radius 3 is 2.90 bits per heavy atom. The lowest BCUT2D eigenvalue weighted by atomic mass is 10.2. The second-order valence-electron chi connectivity index (χ2n) is 5.58. The Kier molecular flexibility index (Phi) is 3.72. The van der Waals surface area contributed by atoms with E-state index in [0.717, 1.165) is 36.1 Å². The topological polar surface area (TPSA) is 71.8 Å². The van der Waals surface area contributed by atoms with E-state index in [2.05, 4.69) is 30.0 Å². The minimum atomic E-state index is 0.635. The van der Waals surface area contributed by atoms with Gasteiger partial charge in [-0.25, -0.2) is 4.98 Å². The zero-order valence-electron chi connectivity index (χ0n) is 12.8. The first-order chi connectivity index (χ1) is 10.1. The van der Waals surface area contributed by atoms with Crippen LogP contribution < -0.4 is 10.2 Å². The van der Waals surface area contributed by atoms with Gasteiger partial charge in [0, 0.05) is 38.8 Å². The van der Waals surface area contributed by atoms with E-state index in [1.165, 1.54) is 12.8 Å². The highest BCUT2D eigenvalue weighted by molar-refractivity contribution is 5.42. The van der Waals surface area contributed by atoms with Crippen LogP contribution in [0.4, 0.5) is 11.8 Å². The second kappa shape index (κ2) is 5.67. The fourth-order valence-corrected chi connectivity index (χ4v) is 2.51. The van der Waals surface area contributed by atoms with E-state index >= 15 is 0 Å². The fraction of sp³-hybridized carbons (Fsp3) is 0.571. The predicted octanol–water partition coefficient (Wildman–Crippen LogP) is 1.39. The monoisotopic (exact) mass is 287 g/mol. The van der Waals surface area contributed by atoms with E-state index in [0.29, 0.717) is 12.5 Å². The Morgan fingerprint density at radius 2 is 2.10 bits per heavy atom. The van der Waals surface area contributed by atoms with Crippen LogP contribution in [0.25, 0.3) is 0 Å². The molecule has 112 valence electrons. The molecule has 0 saturated heterocycles. The molecule has 1 aliphatic rings. The molecular formula is C14H21N7. The molecule has 21 heavy (non-hydrogen) atoms. The summed E-state index contributed by atoms with van der Waals surface area (Å²) >= 11 is 0. The molecule has 2 aromatic rings. The molecule has 0 aromatic carbocycles. The molecule has 3 rings (SSSR count). The van der Waals surface area contributed by atoms with Gasteiger partial charge in [-0.15, -0.1) is 10.2 Å². The highest BCUT2D eigenvalue weighted by Gasteiger charge is 2.15. The molecule has 0 radical (unpaired) electrons. The van der Waals surface area contributed by atoms with Crippen molar-refractivity contribution in [2.45, 2.75) is 39.3 Å². The lowest BCUT2D eigenvalue weighted by Crippen LogP contribution is -2.17. The summed E-state index contributed by atoms with van der Waals surface area (Å²) in [5.41, 5.74) is 0.944. The maximum Gasteiger partial charge on any atom is 0.226 e. The van der Waals surface area contributed by atoms with Crippen molar-refractivity contribution in [2.75, 3.05) is 24.3 Å². The molecule has 2 aromatic heterocycles. The quantitative estimate of drug-likeness (QED) is 0.916. The SMILES string of the molecule is Cc1cc(NCc2nnc3n2CCCC3)nc(N(C)C)n1. The van der Waals surface area contributed by atoms with Crippen molar-refractivity contribution in [1.82, 2.24) is 24.7 Å². The summed E-state index contributed by atoms with van der Waals surface area (Å²) in [6.07, 6.45) is 3.45. The van der Waals surface area contributed by atoms with Gasteiger partial charge in [0.25, 0.3) is 0 Å². The lowest BCUT2D eigenvalue weighted by Gasteiger charge is -2.16. The van der Waals surface area contributed by atoms with Gasteiger partial charge in [0.1, 0.15) is 11.6 Å². The van der Waals surface area contributed by atoms with Gasteiger partial charge in [-0.05, 0) is 19.8 Å². The number of aryl methyl sites for hydroxylation is 2. The van der Waals surface area contributed by atoms with E-state index in [1.807, 2.05) is 32.0 Å². The number of rotatable bonds is 4. The van der Waals surface area contributed by atoms with Crippen LogP contribution in [0.1, 0.15) is 30.2 Å². The summed E-state index contributed by atoms with van der Waals surface area (Å²) in [5, 5.41) is 11.9. The van der Waals surface area contributed by atoms with Crippen molar-refractivity contribution in [3.8, 4) is 0 Å². The van der Waals surface area contributed by atoms with Crippen LogP contribution in [-0.2, 0) is 19.5 Å². The van der Waals surface area contributed by atoms with Crippen molar-refractivity contribution in [2.24, 2.45) is 0 Å². The predicted molar refractivity (Wildman–Crippen MR) is 81.4 cm³/mol. The maximum absolute atomic E-state index is 4.49. The summed E-state index contributed by atoms with van der Waals surface area (Å²) in [5.74, 6) is 3.61. The smallest absolute Gasteiger partial charge is 0.226 e. The molecule has 0 aliphatic carbocycles. The van der Waals surface area contributed by atoms with Crippen LogP contribution in [0.2, 0.25) is 0 Å². The average Bonchev–Trinajstić information content (AvgIpc) is 2.88. The van der Waals surface area contributed by atoms with Crippen molar-refractivity contribution in [1.29, 1.82) is 0 Å². The molecule has 7 heteroatoms. The zero-order valence-corrected chi connectivity index (χ0v) is 12.8. The third-order valence-corrected chi connectivity index (χ3v) is 3.61. The highest BCUT2D eigenvalue weighted by atomic mass is 15.3. The number of nitrogens with zero attached hydrogens (tertiary/aromatic N) is 6. The van der Waals surface area contributed by atoms with Gasteiger partial charge < -0.3 is 14.8 Å². The number of aromatic nitrogens is 5. The fourth-order valence-electron chi connectivity index (χ4n) is 2.51. The Balaban J connectivity index is 1.74. The first-order valence-electron chi connectivity index (χ1n) is 7.31. The maximum atomic E-state index is 4.49. The lowest BCUT2D eigenvalue weighted by molar-refractivity contribution is 0.509. The minimum absolute atomic E-state index is 0.635. The van der Waals surface area contributed by atoms with Crippen LogP contribution >= 0.6 is 0 Å². The van der Waals surface area contributed by atoms with Crippen molar-refractivity contribution < 1.29 is 0 Å². The zero-order chi connectivity index (χ0) is 14.8. The molecule has 1 N–H and O–H groups in total. The largest absolute Gasteiger partial charge is 0.363 e. The molecule has 0 bridgehead atoms. The second-order valence-corrected chi connectivity index (χ2v) is 5.58. The van der Waals surface area contributed by atoms with Crippen LogP contribution in [0.15, 0.2) is 6.07 Å². The van der Waals surface area contributed by atoms with Gasteiger partial charge in [-0.2, -0.15) is 4.98 Å².